The van der Waals surface area contributed by atoms with Crippen LogP contribution in [0.15, 0.2) is 0 Å². The molecule has 0 aromatic carbocycles. The minimum atomic E-state index is 1.34. The first kappa shape index (κ1) is 11.0. The lowest BCUT2D eigenvalue weighted by Crippen LogP contribution is -1.80. The van der Waals surface area contributed by atoms with E-state index < -0.39 is 0 Å². The van der Waals surface area contributed by atoms with Crippen molar-refractivity contribution < 1.29 is 0 Å². The van der Waals surface area contributed by atoms with Crippen LogP contribution < -0.4 is 0 Å². The fraction of sp³-hybridized carbons (Fsp3) is 0.909. The van der Waals surface area contributed by atoms with Gasteiger partial charge in [0.05, 0.1) is 0 Å². The molecule has 0 bridgehead atoms. The quantitative estimate of drug-likeness (QED) is 0.457. The molecule has 0 N–H and O–H groups in total. The van der Waals surface area contributed by atoms with E-state index in [9.17, 15) is 0 Å². The van der Waals surface area contributed by atoms with Gasteiger partial charge in [-0.15, -0.1) is 0 Å². The monoisotopic (exact) mass is 155 g/mol. The summed E-state index contributed by atoms with van der Waals surface area (Å²) in [6.45, 7) is 4.52. The van der Waals surface area contributed by atoms with Gasteiger partial charge in [-0.3, -0.25) is 0 Å². The van der Waals surface area contributed by atoms with Crippen LogP contribution in [0.2, 0.25) is 0 Å². The third-order valence-electron chi connectivity index (χ3n) is 2.02. The Bertz CT molecular complexity index is 49.1. The molecule has 0 saturated heterocycles. The van der Waals surface area contributed by atoms with Crippen LogP contribution in [-0.4, -0.2) is 0 Å². The summed E-state index contributed by atoms with van der Waals surface area (Å²) >= 11 is 0. The van der Waals surface area contributed by atoms with E-state index in [1.165, 1.54) is 51.4 Å². The average molecular weight is 155 g/mol. The summed E-state index contributed by atoms with van der Waals surface area (Å²) < 4.78 is 0. The molecule has 0 saturated carbocycles. The van der Waals surface area contributed by atoms with Crippen molar-refractivity contribution in [2.45, 2.75) is 65.2 Å². The van der Waals surface area contributed by atoms with Gasteiger partial charge in [0, 0.05) is 0 Å². The van der Waals surface area contributed by atoms with Crippen LogP contribution in [-0.2, 0) is 0 Å². The molecule has 0 fully saturated rings. The lowest BCUT2D eigenvalue weighted by molar-refractivity contribution is 0.642. The SMILES string of the molecule is CCCC[CH]CCCCCC. The van der Waals surface area contributed by atoms with Crippen LogP contribution in [0.25, 0.3) is 0 Å². The van der Waals surface area contributed by atoms with Crippen molar-refractivity contribution >= 4 is 0 Å². The van der Waals surface area contributed by atoms with E-state index in [4.69, 9.17) is 0 Å². The molecule has 0 heterocycles. The van der Waals surface area contributed by atoms with Crippen molar-refractivity contribution in [3.8, 4) is 0 Å². The molecule has 0 amide bonds. The Hall–Kier alpha value is 0. The minimum absolute atomic E-state index is 1.34. The normalized spacial score (nSPS) is 10.4. The van der Waals surface area contributed by atoms with E-state index >= 15 is 0 Å². The maximum atomic E-state index is 2.46. The third-order valence-corrected chi connectivity index (χ3v) is 2.02. The van der Waals surface area contributed by atoms with Crippen molar-refractivity contribution in [1.29, 1.82) is 0 Å². The minimum Gasteiger partial charge on any atom is -0.0654 e. The van der Waals surface area contributed by atoms with Crippen LogP contribution in [0, 0.1) is 6.42 Å². The molecule has 0 heteroatoms. The number of unbranched alkanes of at least 4 members (excludes halogenated alkanes) is 8. The second-order valence-electron chi connectivity index (χ2n) is 3.28. The van der Waals surface area contributed by atoms with E-state index in [1.807, 2.05) is 0 Å². The van der Waals surface area contributed by atoms with Crippen LogP contribution >= 0.6 is 0 Å². The molecule has 0 aliphatic heterocycles. The molecule has 0 unspecified atom stereocenters. The van der Waals surface area contributed by atoms with E-state index in [0.29, 0.717) is 0 Å². The Balaban J connectivity index is 2.69. The molecule has 0 aromatic rings. The molecule has 1 radical (unpaired) electrons. The Morgan fingerprint density at radius 2 is 1.36 bits per heavy atom. The Kier molecular flexibility index (Phi) is 10.0. The zero-order valence-corrected chi connectivity index (χ0v) is 8.23. The number of rotatable bonds is 8. The molecule has 11 heavy (non-hydrogen) atoms. The van der Waals surface area contributed by atoms with Crippen LogP contribution in [0.5, 0.6) is 0 Å². The van der Waals surface area contributed by atoms with Crippen molar-refractivity contribution in [2.24, 2.45) is 0 Å². The topological polar surface area (TPSA) is 0 Å². The van der Waals surface area contributed by atoms with Gasteiger partial charge >= 0.3 is 0 Å². The maximum absolute atomic E-state index is 2.46. The second-order valence-corrected chi connectivity index (χ2v) is 3.28. The molecule has 0 rings (SSSR count). The zero-order valence-electron chi connectivity index (χ0n) is 8.23. The molecule has 0 atom stereocenters. The van der Waals surface area contributed by atoms with Gasteiger partial charge in [0.1, 0.15) is 0 Å². The second kappa shape index (κ2) is 10.0. The van der Waals surface area contributed by atoms with Gasteiger partial charge in [-0.05, 0) is 6.42 Å². The lowest BCUT2D eigenvalue weighted by atomic mass is 10.1. The highest BCUT2D eigenvalue weighted by Crippen LogP contribution is 2.07. The molecular weight excluding hydrogens is 132 g/mol. The molecule has 0 spiro atoms. The average Bonchev–Trinajstić information content (AvgIpc) is 2.03. The number of hydrogen-bond donors (Lipinski definition) is 0. The summed E-state index contributed by atoms with van der Waals surface area (Å²) in [6, 6.07) is 0. The summed E-state index contributed by atoms with van der Waals surface area (Å²) in [7, 11) is 0. The third kappa shape index (κ3) is 10.0. The number of hydrogen-bond acceptors (Lipinski definition) is 0. The Morgan fingerprint density at radius 3 is 2.00 bits per heavy atom. The Morgan fingerprint density at radius 1 is 0.727 bits per heavy atom. The van der Waals surface area contributed by atoms with Crippen LogP contribution in [0.3, 0.4) is 0 Å². The van der Waals surface area contributed by atoms with Crippen molar-refractivity contribution in [2.75, 3.05) is 0 Å². The smallest absolute Gasteiger partial charge is 0.0386 e. The molecular formula is C11H23. The molecule has 0 aliphatic carbocycles. The summed E-state index contributed by atoms with van der Waals surface area (Å²) in [5.41, 5.74) is 0. The zero-order chi connectivity index (χ0) is 8.36. The van der Waals surface area contributed by atoms with Gasteiger partial charge in [-0.1, -0.05) is 65.2 Å². The highest BCUT2D eigenvalue weighted by atomic mass is 13.9. The van der Waals surface area contributed by atoms with Crippen LogP contribution in [0.1, 0.15) is 65.2 Å². The van der Waals surface area contributed by atoms with Gasteiger partial charge in [-0.25, -0.2) is 0 Å². The van der Waals surface area contributed by atoms with E-state index in [1.54, 1.807) is 0 Å². The standard InChI is InChI=1S/C11H23/c1-3-5-7-9-11-10-8-6-4-2/h9H,3-8,10-11H2,1-2H3. The first-order valence-electron chi connectivity index (χ1n) is 5.23. The summed E-state index contributed by atoms with van der Waals surface area (Å²) in [5, 5.41) is 0. The fourth-order valence-electron chi connectivity index (χ4n) is 1.21. The van der Waals surface area contributed by atoms with E-state index in [-0.39, 0.29) is 0 Å². The van der Waals surface area contributed by atoms with E-state index in [2.05, 4.69) is 20.3 Å². The molecule has 0 aliphatic rings. The van der Waals surface area contributed by atoms with E-state index in [0.717, 1.165) is 0 Å². The van der Waals surface area contributed by atoms with Crippen LogP contribution in [0.4, 0.5) is 0 Å². The summed E-state index contributed by atoms with van der Waals surface area (Å²) in [5.74, 6) is 0. The van der Waals surface area contributed by atoms with Crippen molar-refractivity contribution in [3.63, 3.8) is 0 Å². The van der Waals surface area contributed by atoms with Gasteiger partial charge < -0.3 is 0 Å². The van der Waals surface area contributed by atoms with Gasteiger partial charge in [0.15, 0.2) is 0 Å². The maximum Gasteiger partial charge on any atom is -0.0386 e. The van der Waals surface area contributed by atoms with Gasteiger partial charge in [0.2, 0.25) is 0 Å². The highest BCUT2D eigenvalue weighted by molar-refractivity contribution is 4.63. The largest absolute Gasteiger partial charge is 0.0654 e. The summed E-state index contributed by atoms with van der Waals surface area (Å²) in [4.78, 5) is 0. The predicted molar refractivity (Wildman–Crippen MR) is 52.6 cm³/mol. The molecule has 67 valence electrons. The van der Waals surface area contributed by atoms with Crippen molar-refractivity contribution in [1.82, 2.24) is 0 Å². The predicted octanol–water partition coefficient (Wildman–Crippen LogP) is 4.35. The van der Waals surface area contributed by atoms with Crippen molar-refractivity contribution in [3.05, 3.63) is 6.42 Å². The molecule has 0 nitrogen and oxygen atoms in total. The van der Waals surface area contributed by atoms with Gasteiger partial charge in [0.25, 0.3) is 0 Å². The fourth-order valence-corrected chi connectivity index (χ4v) is 1.21. The lowest BCUT2D eigenvalue weighted by Gasteiger charge is -1.98. The highest BCUT2D eigenvalue weighted by Gasteiger charge is 1.89. The first-order valence-corrected chi connectivity index (χ1v) is 5.23. The first-order chi connectivity index (χ1) is 5.41. The van der Waals surface area contributed by atoms with Gasteiger partial charge in [-0.2, -0.15) is 0 Å². The summed E-state index contributed by atoms with van der Waals surface area (Å²) in [6.07, 6.45) is 13.5. The Labute approximate surface area is 72.4 Å². The molecule has 0 aromatic heterocycles.